The average Bonchev–Trinajstić information content (AvgIpc) is 2.74. The van der Waals surface area contributed by atoms with Crippen LogP contribution in [0.15, 0.2) is 24.3 Å². The summed E-state index contributed by atoms with van der Waals surface area (Å²) in [6.07, 6.45) is -0.780. The Morgan fingerprint density at radius 2 is 1.88 bits per heavy atom. The first-order valence-corrected chi connectivity index (χ1v) is 5.26. The summed E-state index contributed by atoms with van der Waals surface area (Å²) in [5.74, 6) is -1.63. The minimum absolute atomic E-state index is 0.108. The molecule has 2 rings (SSSR count). The van der Waals surface area contributed by atoms with Gasteiger partial charge < -0.3 is 4.74 Å². The third kappa shape index (κ3) is 2.29. The van der Waals surface area contributed by atoms with Crippen LogP contribution in [0.1, 0.15) is 10.4 Å². The SMILES string of the molecule is O=C(C(=O)N1CCOC1=O)c1ccc(Cl)cc1. The highest BCUT2D eigenvalue weighted by molar-refractivity contribution is 6.44. The van der Waals surface area contributed by atoms with E-state index in [1.807, 2.05) is 0 Å². The number of benzene rings is 1. The van der Waals surface area contributed by atoms with E-state index < -0.39 is 17.8 Å². The van der Waals surface area contributed by atoms with E-state index in [1.54, 1.807) is 0 Å². The fourth-order valence-electron chi connectivity index (χ4n) is 1.43. The van der Waals surface area contributed by atoms with Crippen molar-refractivity contribution in [1.29, 1.82) is 0 Å². The van der Waals surface area contributed by atoms with E-state index in [4.69, 9.17) is 11.6 Å². The lowest BCUT2D eigenvalue weighted by atomic mass is 10.1. The molecule has 1 fully saturated rings. The molecule has 0 radical (unpaired) electrons. The molecule has 5 nitrogen and oxygen atoms in total. The van der Waals surface area contributed by atoms with E-state index in [0.717, 1.165) is 4.90 Å². The molecule has 2 amide bonds. The smallest absolute Gasteiger partial charge is 0.417 e. The van der Waals surface area contributed by atoms with Crippen LogP contribution in [-0.4, -0.2) is 35.8 Å². The number of cyclic esters (lactones) is 1. The summed E-state index contributed by atoms with van der Waals surface area (Å²) in [7, 11) is 0. The third-order valence-electron chi connectivity index (χ3n) is 2.31. The largest absolute Gasteiger partial charge is 0.447 e. The fraction of sp³-hybridized carbons (Fsp3) is 0.182. The molecule has 0 bridgehead atoms. The van der Waals surface area contributed by atoms with Crippen molar-refractivity contribution in [1.82, 2.24) is 4.90 Å². The van der Waals surface area contributed by atoms with Crippen LogP contribution < -0.4 is 0 Å². The van der Waals surface area contributed by atoms with Gasteiger partial charge in [-0.1, -0.05) is 11.6 Å². The predicted molar refractivity (Wildman–Crippen MR) is 58.8 cm³/mol. The molecule has 88 valence electrons. The van der Waals surface area contributed by atoms with E-state index in [9.17, 15) is 14.4 Å². The molecule has 1 aromatic rings. The van der Waals surface area contributed by atoms with Crippen LogP contribution in [0.2, 0.25) is 5.02 Å². The Bertz CT molecular complexity index is 483. The fourth-order valence-corrected chi connectivity index (χ4v) is 1.55. The Hall–Kier alpha value is -1.88. The number of carbonyl (C=O) groups is 3. The molecule has 1 aliphatic heterocycles. The molecule has 1 saturated heterocycles. The number of Topliss-reactive ketones (excluding diaryl/α,β-unsaturated/α-hetero) is 1. The molecule has 0 N–H and O–H groups in total. The molecule has 1 aliphatic rings. The number of hydrogen-bond donors (Lipinski definition) is 0. The van der Waals surface area contributed by atoms with Crippen LogP contribution >= 0.6 is 11.6 Å². The second-order valence-corrected chi connectivity index (χ2v) is 3.84. The van der Waals surface area contributed by atoms with Gasteiger partial charge in [0.1, 0.15) is 6.61 Å². The van der Waals surface area contributed by atoms with Gasteiger partial charge in [-0.15, -0.1) is 0 Å². The van der Waals surface area contributed by atoms with Crippen LogP contribution in [0.5, 0.6) is 0 Å². The molecule has 0 spiro atoms. The highest BCUT2D eigenvalue weighted by atomic mass is 35.5. The number of rotatable bonds is 2. The lowest BCUT2D eigenvalue weighted by Gasteiger charge is -2.09. The number of ether oxygens (including phenoxy) is 1. The van der Waals surface area contributed by atoms with Gasteiger partial charge in [0.2, 0.25) is 0 Å². The van der Waals surface area contributed by atoms with Crippen molar-refractivity contribution in [3.63, 3.8) is 0 Å². The second-order valence-electron chi connectivity index (χ2n) is 3.41. The molecule has 17 heavy (non-hydrogen) atoms. The van der Waals surface area contributed by atoms with Crippen molar-refractivity contribution in [3.8, 4) is 0 Å². The first kappa shape index (κ1) is 11.6. The number of imide groups is 1. The van der Waals surface area contributed by atoms with Gasteiger partial charge in [0.15, 0.2) is 0 Å². The summed E-state index contributed by atoms with van der Waals surface area (Å²) in [5.41, 5.74) is 0.194. The van der Waals surface area contributed by atoms with Gasteiger partial charge in [0.05, 0.1) is 6.54 Å². The molecule has 0 aliphatic carbocycles. The molecular weight excluding hydrogens is 246 g/mol. The summed E-state index contributed by atoms with van der Waals surface area (Å²) in [5, 5.41) is 0.467. The summed E-state index contributed by atoms with van der Waals surface area (Å²) in [6.45, 7) is 0.232. The van der Waals surface area contributed by atoms with Gasteiger partial charge in [-0.2, -0.15) is 0 Å². The molecule has 1 heterocycles. The maximum atomic E-state index is 11.7. The lowest BCUT2D eigenvalue weighted by molar-refractivity contribution is -0.123. The topological polar surface area (TPSA) is 63.7 Å². The minimum Gasteiger partial charge on any atom is -0.447 e. The van der Waals surface area contributed by atoms with Crippen molar-refractivity contribution < 1.29 is 19.1 Å². The summed E-state index contributed by atoms with van der Waals surface area (Å²) in [6, 6.07) is 5.88. The Kier molecular flexibility index (Phi) is 3.10. The molecule has 0 saturated carbocycles. The van der Waals surface area contributed by atoms with Crippen molar-refractivity contribution in [3.05, 3.63) is 34.9 Å². The van der Waals surface area contributed by atoms with E-state index in [-0.39, 0.29) is 18.7 Å². The van der Waals surface area contributed by atoms with Gasteiger partial charge in [-0.25, -0.2) is 9.69 Å². The maximum absolute atomic E-state index is 11.7. The maximum Gasteiger partial charge on any atom is 0.417 e. The lowest BCUT2D eigenvalue weighted by Crippen LogP contribution is -2.37. The van der Waals surface area contributed by atoms with Gasteiger partial charge >= 0.3 is 12.0 Å². The summed E-state index contributed by atoms with van der Waals surface area (Å²) >= 11 is 5.67. The Morgan fingerprint density at radius 3 is 2.41 bits per heavy atom. The van der Waals surface area contributed by atoms with E-state index in [0.29, 0.717) is 5.02 Å². The third-order valence-corrected chi connectivity index (χ3v) is 2.56. The standard InChI is InChI=1S/C11H8ClNO4/c12-8-3-1-7(2-4-8)9(14)10(15)13-5-6-17-11(13)16/h1-4H,5-6H2. The monoisotopic (exact) mass is 253 g/mol. The zero-order valence-corrected chi connectivity index (χ0v) is 9.44. The van der Waals surface area contributed by atoms with Crippen LogP contribution in [-0.2, 0) is 9.53 Å². The number of nitrogens with zero attached hydrogens (tertiary/aromatic N) is 1. The van der Waals surface area contributed by atoms with Crippen molar-refractivity contribution >= 4 is 29.4 Å². The van der Waals surface area contributed by atoms with Gasteiger partial charge in [-0.3, -0.25) is 9.59 Å². The van der Waals surface area contributed by atoms with E-state index in [2.05, 4.69) is 4.74 Å². The minimum atomic E-state index is -0.880. The number of halogens is 1. The van der Waals surface area contributed by atoms with Crippen molar-refractivity contribution in [2.45, 2.75) is 0 Å². The number of ketones is 1. The Balaban J connectivity index is 2.17. The zero-order chi connectivity index (χ0) is 12.4. The predicted octanol–water partition coefficient (Wildman–Crippen LogP) is 1.50. The van der Waals surface area contributed by atoms with Crippen LogP contribution in [0.4, 0.5) is 4.79 Å². The molecule has 0 atom stereocenters. The van der Waals surface area contributed by atoms with E-state index in [1.165, 1.54) is 24.3 Å². The molecule has 0 aromatic heterocycles. The van der Waals surface area contributed by atoms with Crippen LogP contribution in [0.3, 0.4) is 0 Å². The number of amides is 2. The second kappa shape index (κ2) is 4.55. The van der Waals surface area contributed by atoms with Crippen LogP contribution in [0.25, 0.3) is 0 Å². The van der Waals surface area contributed by atoms with Gasteiger partial charge in [0.25, 0.3) is 5.78 Å². The highest BCUT2D eigenvalue weighted by Gasteiger charge is 2.33. The molecule has 1 aromatic carbocycles. The quantitative estimate of drug-likeness (QED) is 0.592. The molecular formula is C11H8ClNO4. The first-order valence-electron chi connectivity index (χ1n) is 4.88. The molecule has 0 unspecified atom stereocenters. The number of carbonyl (C=O) groups excluding carboxylic acids is 3. The van der Waals surface area contributed by atoms with Gasteiger partial charge in [-0.05, 0) is 24.3 Å². The van der Waals surface area contributed by atoms with Gasteiger partial charge in [0, 0.05) is 10.6 Å². The summed E-state index contributed by atoms with van der Waals surface area (Å²) < 4.78 is 4.58. The van der Waals surface area contributed by atoms with Crippen molar-refractivity contribution in [2.75, 3.05) is 13.2 Å². The van der Waals surface area contributed by atoms with Crippen LogP contribution in [0, 0.1) is 0 Å². The average molecular weight is 254 g/mol. The van der Waals surface area contributed by atoms with E-state index >= 15 is 0 Å². The first-order chi connectivity index (χ1) is 8.09. The zero-order valence-electron chi connectivity index (χ0n) is 8.68. The number of hydrogen-bond acceptors (Lipinski definition) is 4. The van der Waals surface area contributed by atoms with Crippen molar-refractivity contribution in [2.24, 2.45) is 0 Å². The Morgan fingerprint density at radius 1 is 1.24 bits per heavy atom. The normalized spacial score (nSPS) is 14.6. The summed E-state index contributed by atoms with van der Waals surface area (Å²) in [4.78, 5) is 35.3. The highest BCUT2D eigenvalue weighted by Crippen LogP contribution is 2.12. The Labute approximate surface area is 102 Å². The molecule has 6 heteroatoms.